The zero-order valence-corrected chi connectivity index (χ0v) is 12.9. The summed E-state index contributed by atoms with van der Waals surface area (Å²) in [5.74, 6) is 0. The summed E-state index contributed by atoms with van der Waals surface area (Å²) >= 11 is 0. The van der Waals surface area contributed by atoms with Crippen molar-refractivity contribution in [2.75, 3.05) is 0 Å². The maximum atomic E-state index is 12.1. The first-order valence-corrected chi connectivity index (χ1v) is 8.26. The van der Waals surface area contributed by atoms with E-state index in [0.717, 1.165) is 30.5 Å². The Kier molecular flexibility index (Phi) is 4.28. The first-order valence-electron chi connectivity index (χ1n) is 6.78. The lowest BCUT2D eigenvalue weighted by Gasteiger charge is -2.06. The van der Waals surface area contributed by atoms with Gasteiger partial charge in [0.25, 0.3) is 10.0 Å². The van der Waals surface area contributed by atoms with Crippen LogP contribution in [0.4, 0.5) is 0 Å². The van der Waals surface area contributed by atoms with E-state index < -0.39 is 10.0 Å². The van der Waals surface area contributed by atoms with Crippen LogP contribution >= 0.6 is 0 Å². The van der Waals surface area contributed by atoms with E-state index in [2.05, 4.69) is 23.8 Å². The zero-order chi connectivity index (χ0) is 14.8. The quantitative estimate of drug-likeness (QED) is 0.867. The molecule has 0 bridgehead atoms. The number of hydrogen-bond donors (Lipinski definition) is 1. The van der Waals surface area contributed by atoms with Crippen LogP contribution in [-0.4, -0.2) is 14.1 Å². The standard InChI is InChI=1S/C15H20N2O2S/c1-4-14-12(3)7-10-15(14)16-17-20(18,19)13-8-5-11(2)6-9-13/h5-6,8-9,17H,4,7,10H2,1-3H3. The molecule has 0 spiro atoms. The van der Waals surface area contributed by atoms with Crippen molar-refractivity contribution in [1.82, 2.24) is 4.83 Å². The highest BCUT2D eigenvalue weighted by molar-refractivity contribution is 7.89. The molecule has 0 heterocycles. The third kappa shape index (κ3) is 3.10. The smallest absolute Gasteiger partial charge is 0.200 e. The van der Waals surface area contributed by atoms with Crippen molar-refractivity contribution < 1.29 is 8.42 Å². The number of sulfonamides is 1. The Morgan fingerprint density at radius 3 is 2.40 bits per heavy atom. The van der Waals surface area contributed by atoms with Crippen LogP contribution in [0.5, 0.6) is 0 Å². The van der Waals surface area contributed by atoms with E-state index in [1.165, 1.54) is 11.1 Å². The first kappa shape index (κ1) is 14.8. The molecule has 0 aromatic heterocycles. The van der Waals surface area contributed by atoms with Crippen LogP contribution in [0.25, 0.3) is 0 Å². The molecular formula is C15H20N2O2S. The number of aryl methyl sites for hydroxylation is 1. The highest BCUT2D eigenvalue weighted by Crippen LogP contribution is 2.25. The fourth-order valence-corrected chi connectivity index (χ4v) is 3.20. The average molecular weight is 292 g/mol. The second-order valence-corrected chi connectivity index (χ2v) is 6.74. The van der Waals surface area contributed by atoms with Gasteiger partial charge in [-0.05, 0) is 50.8 Å². The predicted octanol–water partition coefficient (Wildman–Crippen LogP) is 3.15. The monoisotopic (exact) mass is 292 g/mol. The Labute approximate surface area is 120 Å². The summed E-state index contributed by atoms with van der Waals surface area (Å²) in [5, 5.41) is 4.12. The lowest BCUT2D eigenvalue weighted by Crippen LogP contribution is -2.20. The predicted molar refractivity (Wildman–Crippen MR) is 81.2 cm³/mol. The molecule has 0 radical (unpaired) electrons. The largest absolute Gasteiger partial charge is 0.276 e. The Morgan fingerprint density at radius 1 is 1.15 bits per heavy atom. The van der Waals surface area contributed by atoms with Crippen LogP contribution in [0.2, 0.25) is 0 Å². The minimum atomic E-state index is -3.57. The second kappa shape index (κ2) is 5.79. The summed E-state index contributed by atoms with van der Waals surface area (Å²) in [5.41, 5.74) is 4.37. The van der Waals surface area contributed by atoms with Crippen molar-refractivity contribution in [3.05, 3.63) is 41.0 Å². The molecule has 0 saturated carbocycles. The van der Waals surface area contributed by atoms with Crippen LogP contribution in [0, 0.1) is 6.92 Å². The minimum Gasteiger partial charge on any atom is -0.200 e. The number of benzene rings is 1. The van der Waals surface area contributed by atoms with Gasteiger partial charge in [0.1, 0.15) is 0 Å². The molecule has 2 rings (SSSR count). The van der Waals surface area contributed by atoms with Gasteiger partial charge in [-0.25, -0.2) is 0 Å². The number of hydrazone groups is 1. The van der Waals surface area contributed by atoms with E-state index in [-0.39, 0.29) is 4.90 Å². The van der Waals surface area contributed by atoms with Gasteiger partial charge >= 0.3 is 0 Å². The van der Waals surface area contributed by atoms with Gasteiger partial charge in [-0.1, -0.05) is 30.2 Å². The highest BCUT2D eigenvalue weighted by Gasteiger charge is 2.18. The number of allylic oxidation sites excluding steroid dienone is 2. The fourth-order valence-electron chi connectivity index (χ4n) is 2.37. The van der Waals surface area contributed by atoms with Gasteiger partial charge in [0.2, 0.25) is 0 Å². The molecule has 0 aliphatic heterocycles. The number of nitrogens with one attached hydrogen (secondary N) is 1. The molecule has 4 nitrogen and oxygen atoms in total. The van der Waals surface area contributed by atoms with Crippen molar-refractivity contribution in [1.29, 1.82) is 0 Å². The molecule has 1 aliphatic carbocycles. The molecule has 5 heteroatoms. The normalized spacial score (nSPS) is 17.9. The van der Waals surface area contributed by atoms with Crippen LogP contribution in [-0.2, 0) is 10.0 Å². The van der Waals surface area contributed by atoms with Gasteiger partial charge in [-0.15, -0.1) is 0 Å². The molecule has 0 unspecified atom stereocenters. The Bertz CT molecular complexity index is 656. The topological polar surface area (TPSA) is 58.5 Å². The molecule has 1 aromatic rings. The maximum absolute atomic E-state index is 12.1. The van der Waals surface area contributed by atoms with Crippen molar-refractivity contribution in [2.45, 2.75) is 44.9 Å². The van der Waals surface area contributed by atoms with Crippen molar-refractivity contribution in [3.63, 3.8) is 0 Å². The summed E-state index contributed by atoms with van der Waals surface area (Å²) in [6.45, 7) is 6.06. The van der Waals surface area contributed by atoms with Gasteiger partial charge in [0, 0.05) is 0 Å². The summed E-state index contributed by atoms with van der Waals surface area (Å²) < 4.78 is 24.3. The van der Waals surface area contributed by atoms with E-state index in [0.29, 0.717) is 0 Å². The third-order valence-corrected chi connectivity index (χ3v) is 4.81. The van der Waals surface area contributed by atoms with Gasteiger partial charge in [0.05, 0.1) is 10.6 Å². The van der Waals surface area contributed by atoms with Gasteiger partial charge in [-0.3, -0.25) is 0 Å². The minimum absolute atomic E-state index is 0.240. The highest BCUT2D eigenvalue weighted by atomic mass is 32.2. The maximum Gasteiger partial charge on any atom is 0.276 e. The lowest BCUT2D eigenvalue weighted by atomic mass is 10.1. The third-order valence-electron chi connectivity index (χ3n) is 3.59. The van der Waals surface area contributed by atoms with Gasteiger partial charge < -0.3 is 0 Å². The Hall–Kier alpha value is -1.62. The van der Waals surface area contributed by atoms with E-state index in [1.54, 1.807) is 24.3 Å². The van der Waals surface area contributed by atoms with Crippen molar-refractivity contribution >= 4 is 15.7 Å². The molecule has 108 valence electrons. The summed E-state index contributed by atoms with van der Waals surface area (Å²) in [6, 6.07) is 6.74. The van der Waals surface area contributed by atoms with E-state index >= 15 is 0 Å². The average Bonchev–Trinajstić information content (AvgIpc) is 2.77. The first-order chi connectivity index (χ1) is 9.44. The van der Waals surface area contributed by atoms with Crippen molar-refractivity contribution in [2.24, 2.45) is 5.10 Å². The molecule has 0 fully saturated rings. The van der Waals surface area contributed by atoms with Crippen LogP contribution < -0.4 is 4.83 Å². The number of hydrogen-bond acceptors (Lipinski definition) is 3. The molecule has 0 atom stereocenters. The molecular weight excluding hydrogens is 272 g/mol. The van der Waals surface area contributed by atoms with E-state index in [4.69, 9.17) is 0 Å². The molecule has 1 aliphatic rings. The van der Waals surface area contributed by atoms with Crippen molar-refractivity contribution in [3.8, 4) is 0 Å². The molecule has 1 aromatic carbocycles. The number of nitrogens with zero attached hydrogens (tertiary/aromatic N) is 1. The van der Waals surface area contributed by atoms with Crippen LogP contribution in [0.3, 0.4) is 0 Å². The van der Waals surface area contributed by atoms with E-state index in [9.17, 15) is 8.42 Å². The summed E-state index contributed by atoms with van der Waals surface area (Å²) in [6.07, 6.45) is 2.66. The molecule has 1 N–H and O–H groups in total. The second-order valence-electron chi connectivity index (χ2n) is 5.08. The molecule has 0 amide bonds. The summed E-state index contributed by atoms with van der Waals surface area (Å²) in [7, 11) is -3.57. The van der Waals surface area contributed by atoms with Gasteiger partial charge in [-0.2, -0.15) is 18.4 Å². The molecule has 20 heavy (non-hydrogen) atoms. The number of rotatable bonds is 4. The van der Waals surface area contributed by atoms with Crippen LogP contribution in [0.1, 0.15) is 38.7 Å². The summed E-state index contributed by atoms with van der Waals surface area (Å²) in [4.78, 5) is 2.59. The Balaban J connectivity index is 2.20. The Morgan fingerprint density at radius 2 is 1.80 bits per heavy atom. The SMILES string of the molecule is CCC1=C(C)CCC1=NNS(=O)(=O)c1ccc(C)cc1. The van der Waals surface area contributed by atoms with Crippen LogP contribution in [0.15, 0.2) is 45.4 Å². The van der Waals surface area contributed by atoms with Gasteiger partial charge in [0.15, 0.2) is 0 Å². The molecule has 0 saturated heterocycles. The lowest BCUT2D eigenvalue weighted by molar-refractivity contribution is 0.584. The fraction of sp³-hybridized carbons (Fsp3) is 0.400. The zero-order valence-electron chi connectivity index (χ0n) is 12.1. The van der Waals surface area contributed by atoms with E-state index in [1.807, 2.05) is 6.92 Å².